The smallest absolute Gasteiger partial charge is 0.344 e. The van der Waals surface area contributed by atoms with Crippen LogP contribution in [0.1, 0.15) is 19.4 Å². The molecule has 4 nitrogen and oxygen atoms in total. The molecule has 18 heavy (non-hydrogen) atoms. The third kappa shape index (κ3) is 5.06. The lowest BCUT2D eigenvalue weighted by molar-refractivity contribution is -0.145. The van der Waals surface area contributed by atoms with Gasteiger partial charge in [-0.25, -0.2) is 4.79 Å². The summed E-state index contributed by atoms with van der Waals surface area (Å²) in [5.74, 6) is 0.282. The molecule has 0 saturated heterocycles. The minimum absolute atomic E-state index is 0.0704. The van der Waals surface area contributed by atoms with Crippen LogP contribution in [-0.2, 0) is 16.1 Å². The van der Waals surface area contributed by atoms with Crippen molar-refractivity contribution in [2.75, 3.05) is 19.8 Å². The normalized spacial score (nSPS) is 10.2. The van der Waals surface area contributed by atoms with Gasteiger partial charge in [-0.15, -0.1) is 0 Å². The van der Waals surface area contributed by atoms with Gasteiger partial charge in [0.25, 0.3) is 0 Å². The van der Waals surface area contributed by atoms with Crippen molar-refractivity contribution in [2.24, 2.45) is 0 Å². The Kier molecular flexibility index (Phi) is 6.75. The molecule has 0 radical (unpaired) electrons. The molecule has 5 heteroatoms. The summed E-state index contributed by atoms with van der Waals surface area (Å²) < 4.78 is 11.0. The highest BCUT2D eigenvalue weighted by Crippen LogP contribution is 2.26. The molecular weight excluding hydrogens is 298 g/mol. The maximum atomic E-state index is 11.2. The molecule has 0 unspecified atom stereocenters. The number of hydrogen-bond acceptors (Lipinski definition) is 4. The van der Waals surface area contributed by atoms with Gasteiger partial charge >= 0.3 is 5.97 Å². The zero-order valence-corrected chi connectivity index (χ0v) is 12.2. The predicted octanol–water partition coefficient (Wildman–Crippen LogP) is 2.50. The van der Waals surface area contributed by atoms with Gasteiger partial charge in [0.05, 0.1) is 11.1 Å². The molecule has 1 N–H and O–H groups in total. The number of carbonyl (C=O) groups is 1. The van der Waals surface area contributed by atoms with E-state index in [0.717, 1.165) is 23.1 Å². The Hall–Kier alpha value is -1.07. The maximum Gasteiger partial charge on any atom is 0.344 e. The largest absolute Gasteiger partial charge is 0.481 e. The molecule has 0 amide bonds. The van der Waals surface area contributed by atoms with Gasteiger partial charge in [0.2, 0.25) is 0 Å². The van der Waals surface area contributed by atoms with Crippen LogP contribution < -0.4 is 10.1 Å². The summed E-state index contributed by atoms with van der Waals surface area (Å²) in [6.07, 6.45) is 0. The average Bonchev–Trinajstić information content (AvgIpc) is 2.35. The van der Waals surface area contributed by atoms with Crippen molar-refractivity contribution < 1.29 is 14.3 Å². The standard InChI is InChI=1S/C13H18BrNO3/c1-3-15-8-10-5-6-12(11(14)7-10)18-9-13(16)17-4-2/h5-7,15H,3-4,8-9H2,1-2H3. The van der Waals surface area contributed by atoms with Crippen LogP contribution in [0.3, 0.4) is 0 Å². The van der Waals surface area contributed by atoms with Crippen LogP contribution in [0.15, 0.2) is 22.7 Å². The van der Waals surface area contributed by atoms with Crippen molar-refractivity contribution >= 4 is 21.9 Å². The van der Waals surface area contributed by atoms with Gasteiger partial charge in [-0.1, -0.05) is 13.0 Å². The maximum absolute atomic E-state index is 11.2. The number of hydrogen-bond donors (Lipinski definition) is 1. The number of ether oxygens (including phenoxy) is 2. The number of esters is 1. The van der Waals surface area contributed by atoms with E-state index in [-0.39, 0.29) is 12.6 Å². The SMILES string of the molecule is CCNCc1ccc(OCC(=O)OCC)c(Br)c1. The lowest BCUT2D eigenvalue weighted by atomic mass is 10.2. The van der Waals surface area contributed by atoms with E-state index in [1.165, 1.54) is 0 Å². The highest BCUT2D eigenvalue weighted by molar-refractivity contribution is 9.10. The second-order valence-electron chi connectivity index (χ2n) is 3.64. The van der Waals surface area contributed by atoms with Crippen molar-refractivity contribution in [1.29, 1.82) is 0 Å². The first kappa shape index (κ1) is 15.0. The third-order valence-corrected chi connectivity index (χ3v) is 2.85. The summed E-state index contributed by atoms with van der Waals surface area (Å²) >= 11 is 3.42. The van der Waals surface area contributed by atoms with Gasteiger partial charge < -0.3 is 14.8 Å². The van der Waals surface area contributed by atoms with Crippen molar-refractivity contribution in [2.45, 2.75) is 20.4 Å². The second-order valence-corrected chi connectivity index (χ2v) is 4.49. The molecular formula is C13H18BrNO3. The fraction of sp³-hybridized carbons (Fsp3) is 0.462. The van der Waals surface area contributed by atoms with Gasteiger partial charge in [0.1, 0.15) is 5.75 Å². The molecule has 1 aromatic carbocycles. The van der Waals surface area contributed by atoms with Crippen LogP contribution >= 0.6 is 15.9 Å². The summed E-state index contributed by atoms with van der Waals surface area (Å²) in [5, 5.41) is 3.24. The molecule has 1 aromatic rings. The number of halogens is 1. The Morgan fingerprint density at radius 3 is 2.78 bits per heavy atom. The fourth-order valence-electron chi connectivity index (χ4n) is 1.38. The van der Waals surface area contributed by atoms with E-state index in [4.69, 9.17) is 9.47 Å². The quantitative estimate of drug-likeness (QED) is 0.785. The van der Waals surface area contributed by atoms with Gasteiger partial charge in [0.15, 0.2) is 6.61 Å². The van der Waals surface area contributed by atoms with E-state index in [2.05, 4.69) is 28.2 Å². The van der Waals surface area contributed by atoms with E-state index < -0.39 is 0 Å². The van der Waals surface area contributed by atoms with Crippen molar-refractivity contribution in [3.8, 4) is 5.75 Å². The van der Waals surface area contributed by atoms with E-state index in [0.29, 0.717) is 12.4 Å². The molecule has 0 aliphatic heterocycles. The summed E-state index contributed by atoms with van der Waals surface area (Å²) in [7, 11) is 0. The van der Waals surface area contributed by atoms with Gasteiger partial charge in [-0.3, -0.25) is 0 Å². The van der Waals surface area contributed by atoms with E-state index in [1.807, 2.05) is 18.2 Å². The van der Waals surface area contributed by atoms with Crippen LogP contribution in [0.25, 0.3) is 0 Å². The second kappa shape index (κ2) is 8.11. The van der Waals surface area contributed by atoms with Gasteiger partial charge in [-0.05, 0) is 47.1 Å². The lowest BCUT2D eigenvalue weighted by Gasteiger charge is -2.09. The molecule has 0 spiro atoms. The van der Waals surface area contributed by atoms with E-state index >= 15 is 0 Å². The zero-order chi connectivity index (χ0) is 13.4. The number of benzene rings is 1. The molecule has 0 heterocycles. The molecule has 0 saturated carbocycles. The van der Waals surface area contributed by atoms with Crippen molar-refractivity contribution in [1.82, 2.24) is 5.32 Å². The first-order valence-electron chi connectivity index (χ1n) is 5.95. The van der Waals surface area contributed by atoms with Crippen LogP contribution in [0, 0.1) is 0 Å². The van der Waals surface area contributed by atoms with E-state index in [1.54, 1.807) is 6.92 Å². The molecule has 0 aliphatic rings. The third-order valence-electron chi connectivity index (χ3n) is 2.23. The topological polar surface area (TPSA) is 47.6 Å². The molecule has 0 atom stereocenters. The Balaban J connectivity index is 2.54. The van der Waals surface area contributed by atoms with Crippen LogP contribution in [-0.4, -0.2) is 25.7 Å². The van der Waals surface area contributed by atoms with Gasteiger partial charge in [0, 0.05) is 6.54 Å². The molecule has 0 aromatic heterocycles. The molecule has 100 valence electrons. The van der Waals surface area contributed by atoms with Crippen LogP contribution in [0.5, 0.6) is 5.75 Å². The molecule has 1 rings (SSSR count). The Morgan fingerprint density at radius 1 is 1.39 bits per heavy atom. The highest BCUT2D eigenvalue weighted by atomic mass is 79.9. The number of nitrogens with one attached hydrogen (secondary N) is 1. The molecule has 0 aliphatic carbocycles. The van der Waals surface area contributed by atoms with Gasteiger partial charge in [-0.2, -0.15) is 0 Å². The first-order valence-corrected chi connectivity index (χ1v) is 6.74. The Morgan fingerprint density at radius 2 is 2.17 bits per heavy atom. The fourth-order valence-corrected chi connectivity index (χ4v) is 1.92. The van der Waals surface area contributed by atoms with Crippen LogP contribution in [0.4, 0.5) is 0 Å². The first-order chi connectivity index (χ1) is 8.67. The number of carbonyl (C=O) groups excluding carboxylic acids is 1. The summed E-state index contributed by atoms with van der Waals surface area (Å²) in [5.41, 5.74) is 1.16. The zero-order valence-electron chi connectivity index (χ0n) is 10.7. The van der Waals surface area contributed by atoms with Crippen molar-refractivity contribution in [3.05, 3.63) is 28.2 Å². The predicted molar refractivity (Wildman–Crippen MR) is 73.7 cm³/mol. The lowest BCUT2D eigenvalue weighted by Crippen LogP contribution is -2.15. The summed E-state index contributed by atoms with van der Waals surface area (Å²) in [6, 6.07) is 5.78. The Bertz CT molecular complexity index is 396. The molecule has 0 fully saturated rings. The summed E-state index contributed by atoms with van der Waals surface area (Å²) in [4.78, 5) is 11.2. The summed E-state index contributed by atoms with van der Waals surface area (Å²) in [6.45, 7) is 5.87. The average molecular weight is 316 g/mol. The Labute approximate surface area is 116 Å². The van der Waals surface area contributed by atoms with Crippen molar-refractivity contribution in [3.63, 3.8) is 0 Å². The van der Waals surface area contributed by atoms with E-state index in [9.17, 15) is 4.79 Å². The highest BCUT2D eigenvalue weighted by Gasteiger charge is 2.06. The van der Waals surface area contributed by atoms with Crippen LogP contribution in [0.2, 0.25) is 0 Å². The number of rotatable bonds is 7. The monoisotopic (exact) mass is 315 g/mol. The minimum Gasteiger partial charge on any atom is -0.481 e. The minimum atomic E-state index is -0.360. The molecule has 0 bridgehead atoms.